The first-order valence-electron chi connectivity index (χ1n) is 6.78. The number of H-pyrrole nitrogens is 1. The molecule has 0 bridgehead atoms. The van der Waals surface area contributed by atoms with Gasteiger partial charge in [0.05, 0.1) is 11.6 Å². The maximum atomic E-state index is 11.1. The van der Waals surface area contributed by atoms with Crippen molar-refractivity contribution in [2.45, 2.75) is 18.9 Å². The Morgan fingerprint density at radius 3 is 3.18 bits per heavy atom. The second-order valence-electron chi connectivity index (χ2n) is 5.00. The highest BCUT2D eigenvalue weighted by Gasteiger charge is 2.33. The fourth-order valence-corrected chi connectivity index (χ4v) is 2.73. The molecule has 0 radical (unpaired) electrons. The maximum Gasteiger partial charge on any atom is 0.290 e. The third-order valence-electron chi connectivity index (χ3n) is 3.70. The monoisotopic (exact) mass is 300 g/mol. The largest absolute Gasteiger partial charge is 0.363 e. The van der Waals surface area contributed by atoms with Crippen molar-refractivity contribution in [1.29, 1.82) is 0 Å². The molecule has 0 saturated carbocycles. The minimum atomic E-state index is -0.709. The van der Waals surface area contributed by atoms with Gasteiger partial charge in [-0.2, -0.15) is 10.1 Å². The molecule has 10 nitrogen and oxygen atoms in total. The number of rotatable bonds is 3. The fraction of sp³-hybridized carbons (Fsp3) is 0.333. The number of amides is 1. The second kappa shape index (κ2) is 4.76. The highest BCUT2D eigenvalue weighted by atomic mass is 16.5. The molecule has 1 fully saturated rings. The molecule has 1 aliphatic rings. The van der Waals surface area contributed by atoms with Crippen LogP contribution in [0.2, 0.25) is 0 Å². The van der Waals surface area contributed by atoms with Gasteiger partial charge in [0.2, 0.25) is 5.89 Å². The number of primary amides is 1. The first-order valence-corrected chi connectivity index (χ1v) is 6.78. The summed E-state index contributed by atoms with van der Waals surface area (Å²) in [5.74, 6) is 0.290. The number of hydrogen-bond acceptors (Lipinski definition) is 8. The number of carbonyl (C=O) groups is 1. The molecule has 112 valence electrons. The zero-order valence-electron chi connectivity index (χ0n) is 11.4. The van der Waals surface area contributed by atoms with E-state index in [1.54, 1.807) is 6.20 Å². The number of nitrogens with two attached hydrogens (primary N) is 1. The van der Waals surface area contributed by atoms with Crippen LogP contribution in [0.1, 0.15) is 35.4 Å². The van der Waals surface area contributed by atoms with E-state index in [2.05, 4.69) is 35.2 Å². The van der Waals surface area contributed by atoms with Gasteiger partial charge in [0.25, 0.3) is 11.7 Å². The first-order chi connectivity index (χ1) is 10.7. The molecule has 4 rings (SSSR count). The van der Waals surface area contributed by atoms with Crippen LogP contribution in [-0.4, -0.2) is 42.8 Å². The van der Waals surface area contributed by atoms with Gasteiger partial charge < -0.3 is 15.2 Å². The van der Waals surface area contributed by atoms with Crippen molar-refractivity contribution in [3.8, 4) is 0 Å². The molecule has 3 N–H and O–H groups in total. The predicted molar refractivity (Wildman–Crippen MR) is 73.8 cm³/mol. The van der Waals surface area contributed by atoms with Crippen molar-refractivity contribution in [2.24, 2.45) is 5.73 Å². The Balaban J connectivity index is 1.74. The summed E-state index contributed by atoms with van der Waals surface area (Å²) >= 11 is 0. The molecule has 10 heteroatoms. The molecule has 1 aliphatic heterocycles. The van der Waals surface area contributed by atoms with Gasteiger partial charge in [-0.3, -0.25) is 9.89 Å². The van der Waals surface area contributed by atoms with Crippen LogP contribution in [0.25, 0.3) is 11.0 Å². The summed E-state index contributed by atoms with van der Waals surface area (Å²) < 4.78 is 5.18. The lowest BCUT2D eigenvalue weighted by atomic mass is 10.2. The van der Waals surface area contributed by atoms with Gasteiger partial charge >= 0.3 is 0 Å². The number of nitrogens with one attached hydrogen (secondary N) is 1. The lowest BCUT2D eigenvalue weighted by Gasteiger charge is -2.23. The summed E-state index contributed by atoms with van der Waals surface area (Å²) in [5, 5.41) is 11.2. The van der Waals surface area contributed by atoms with Crippen LogP contribution in [0.4, 0.5) is 5.82 Å². The maximum absolute atomic E-state index is 11.1. The lowest BCUT2D eigenvalue weighted by molar-refractivity contribution is 0.0987. The molecule has 0 unspecified atom stereocenters. The number of nitrogens with zero attached hydrogens (tertiary/aromatic N) is 6. The van der Waals surface area contributed by atoms with Crippen molar-refractivity contribution in [3.63, 3.8) is 0 Å². The van der Waals surface area contributed by atoms with Crippen molar-refractivity contribution in [1.82, 2.24) is 30.3 Å². The molecule has 3 aromatic heterocycles. The van der Waals surface area contributed by atoms with Crippen LogP contribution in [-0.2, 0) is 0 Å². The fourth-order valence-electron chi connectivity index (χ4n) is 2.73. The van der Waals surface area contributed by atoms with Gasteiger partial charge in [0, 0.05) is 6.54 Å². The second-order valence-corrected chi connectivity index (χ2v) is 5.00. The average Bonchev–Trinajstić information content (AvgIpc) is 3.25. The van der Waals surface area contributed by atoms with Crippen LogP contribution >= 0.6 is 0 Å². The van der Waals surface area contributed by atoms with Crippen LogP contribution in [0, 0.1) is 0 Å². The Bertz CT molecular complexity index is 840. The molecular weight excluding hydrogens is 288 g/mol. The molecule has 22 heavy (non-hydrogen) atoms. The molecule has 1 amide bonds. The molecule has 0 spiro atoms. The molecule has 1 atom stereocenters. The van der Waals surface area contributed by atoms with Gasteiger partial charge in [-0.25, -0.2) is 9.97 Å². The molecule has 0 aromatic carbocycles. The van der Waals surface area contributed by atoms with Crippen LogP contribution in [0.15, 0.2) is 17.0 Å². The first kappa shape index (κ1) is 12.7. The highest BCUT2D eigenvalue weighted by Crippen LogP contribution is 2.36. The van der Waals surface area contributed by atoms with E-state index >= 15 is 0 Å². The van der Waals surface area contributed by atoms with Crippen molar-refractivity contribution in [2.75, 3.05) is 11.4 Å². The summed E-state index contributed by atoms with van der Waals surface area (Å²) in [6.45, 7) is 0.788. The zero-order chi connectivity index (χ0) is 15.1. The van der Waals surface area contributed by atoms with E-state index < -0.39 is 5.91 Å². The van der Waals surface area contributed by atoms with E-state index in [-0.39, 0.29) is 11.9 Å². The van der Waals surface area contributed by atoms with Crippen molar-refractivity contribution >= 4 is 22.8 Å². The standard InChI is InChI=1S/C12H12N8O2/c13-8(21)10-17-12(22-19-10)7-2-1-3-20(7)11-6-4-16-18-9(6)14-5-15-11/h4-5,7H,1-3H2,(H2,13,21)(H,14,15,16,18)/t7-/m0/s1. The van der Waals surface area contributed by atoms with Gasteiger partial charge in [-0.15, -0.1) is 0 Å². The summed E-state index contributed by atoms with van der Waals surface area (Å²) in [4.78, 5) is 25.7. The topological polar surface area (TPSA) is 140 Å². The van der Waals surface area contributed by atoms with Gasteiger partial charge in [0.1, 0.15) is 18.2 Å². The molecule has 0 aliphatic carbocycles. The summed E-state index contributed by atoms with van der Waals surface area (Å²) in [6.07, 6.45) is 4.93. The Morgan fingerprint density at radius 2 is 2.36 bits per heavy atom. The van der Waals surface area contributed by atoms with Crippen molar-refractivity contribution in [3.05, 3.63) is 24.2 Å². The Kier molecular flexibility index (Phi) is 2.74. The number of carbonyl (C=O) groups excluding carboxylic acids is 1. The lowest BCUT2D eigenvalue weighted by Crippen LogP contribution is -2.24. The summed E-state index contributed by atoms with van der Waals surface area (Å²) in [5.41, 5.74) is 5.83. The van der Waals surface area contributed by atoms with E-state index in [0.29, 0.717) is 11.5 Å². The molecule has 1 saturated heterocycles. The van der Waals surface area contributed by atoms with Gasteiger partial charge in [0.15, 0.2) is 5.65 Å². The third-order valence-corrected chi connectivity index (χ3v) is 3.70. The summed E-state index contributed by atoms with van der Waals surface area (Å²) in [6, 6.07) is -0.145. The van der Waals surface area contributed by atoms with Crippen LogP contribution in [0.5, 0.6) is 0 Å². The smallest absolute Gasteiger partial charge is 0.290 e. The van der Waals surface area contributed by atoms with Gasteiger partial charge in [-0.05, 0) is 12.8 Å². The summed E-state index contributed by atoms with van der Waals surface area (Å²) in [7, 11) is 0. The number of hydrogen-bond donors (Lipinski definition) is 2. The van der Waals surface area contributed by atoms with E-state index in [0.717, 1.165) is 30.6 Å². The minimum absolute atomic E-state index is 0.113. The quantitative estimate of drug-likeness (QED) is 0.697. The van der Waals surface area contributed by atoms with Crippen molar-refractivity contribution < 1.29 is 9.32 Å². The Morgan fingerprint density at radius 1 is 1.45 bits per heavy atom. The Hall–Kier alpha value is -3.04. The highest BCUT2D eigenvalue weighted by molar-refractivity contribution is 5.88. The van der Waals surface area contributed by atoms with E-state index in [1.165, 1.54) is 6.33 Å². The van der Waals surface area contributed by atoms with E-state index in [9.17, 15) is 4.79 Å². The molecular formula is C12H12N8O2. The zero-order valence-corrected chi connectivity index (χ0v) is 11.4. The Labute approximate surface area is 123 Å². The molecule has 4 heterocycles. The third kappa shape index (κ3) is 1.88. The minimum Gasteiger partial charge on any atom is -0.363 e. The van der Waals surface area contributed by atoms with Crippen LogP contribution in [0.3, 0.4) is 0 Å². The van der Waals surface area contributed by atoms with E-state index in [4.69, 9.17) is 10.3 Å². The molecule has 3 aromatic rings. The number of aromatic amines is 1. The number of anilines is 1. The normalized spacial score (nSPS) is 18.2. The van der Waals surface area contributed by atoms with Gasteiger partial charge in [-0.1, -0.05) is 5.16 Å². The number of aromatic nitrogens is 6. The predicted octanol–water partition coefficient (Wildman–Crippen LogP) is 0.176. The van der Waals surface area contributed by atoms with Crippen LogP contribution < -0.4 is 10.6 Å². The average molecular weight is 300 g/mol. The van der Waals surface area contributed by atoms with E-state index in [1.807, 2.05) is 0 Å². The number of fused-ring (bicyclic) bond motifs is 1. The SMILES string of the molecule is NC(=O)c1noc([C@@H]2CCCN2c2ncnc3[nH]ncc23)n1.